The van der Waals surface area contributed by atoms with Crippen molar-refractivity contribution in [2.45, 2.75) is 49.7 Å². The van der Waals surface area contributed by atoms with Crippen LogP contribution in [0.15, 0.2) is 12.2 Å². The van der Waals surface area contributed by atoms with E-state index < -0.39 is 0 Å². The van der Waals surface area contributed by atoms with E-state index in [1.807, 2.05) is 23.5 Å². The van der Waals surface area contributed by atoms with Crippen molar-refractivity contribution in [1.29, 1.82) is 0 Å². The van der Waals surface area contributed by atoms with Crippen LogP contribution in [0.3, 0.4) is 0 Å². The number of esters is 1. The van der Waals surface area contributed by atoms with Crippen LogP contribution < -0.4 is 0 Å². The van der Waals surface area contributed by atoms with Gasteiger partial charge in [0, 0.05) is 5.57 Å². The molecule has 18 heavy (non-hydrogen) atoms. The standard InChI is InChI=1S/C14H22O2S2/c1-10(2)13(15)16-14-7-4-5-12(14)17-9-11(3)6-8-18-14/h11-12H,1,4-9H2,2-3H3. The maximum absolute atomic E-state index is 11.9. The molecule has 1 saturated carbocycles. The van der Waals surface area contributed by atoms with E-state index in [4.69, 9.17) is 4.74 Å². The molecule has 2 fully saturated rings. The van der Waals surface area contributed by atoms with Crippen LogP contribution in [0, 0.1) is 5.92 Å². The van der Waals surface area contributed by atoms with Crippen LogP contribution in [0.4, 0.5) is 0 Å². The van der Waals surface area contributed by atoms with Crippen molar-refractivity contribution < 1.29 is 9.53 Å². The van der Waals surface area contributed by atoms with Gasteiger partial charge in [-0.1, -0.05) is 13.5 Å². The zero-order chi connectivity index (χ0) is 13.2. The summed E-state index contributed by atoms with van der Waals surface area (Å²) < 4.78 is 5.84. The Hall–Kier alpha value is -0.0900. The number of rotatable bonds is 2. The molecule has 102 valence electrons. The fourth-order valence-corrected chi connectivity index (χ4v) is 5.96. The fourth-order valence-electron chi connectivity index (χ4n) is 2.48. The third kappa shape index (κ3) is 3.08. The molecule has 0 aromatic heterocycles. The minimum absolute atomic E-state index is 0.219. The van der Waals surface area contributed by atoms with E-state index in [9.17, 15) is 4.79 Å². The average Bonchev–Trinajstić information content (AvgIpc) is 2.66. The summed E-state index contributed by atoms with van der Waals surface area (Å²) in [5.41, 5.74) is 0.510. The lowest BCUT2D eigenvalue weighted by Crippen LogP contribution is -2.39. The number of hydrogen-bond acceptors (Lipinski definition) is 4. The molecule has 0 aromatic carbocycles. The maximum Gasteiger partial charge on any atom is 0.334 e. The molecule has 0 N–H and O–H groups in total. The zero-order valence-electron chi connectivity index (χ0n) is 11.2. The molecule has 2 nitrogen and oxygen atoms in total. The Morgan fingerprint density at radius 3 is 2.94 bits per heavy atom. The van der Waals surface area contributed by atoms with Crippen LogP contribution >= 0.6 is 23.5 Å². The molecule has 0 spiro atoms. The molecule has 1 saturated heterocycles. The predicted octanol–water partition coefficient (Wildman–Crippen LogP) is 3.86. The summed E-state index contributed by atoms with van der Waals surface area (Å²) in [7, 11) is 0. The Kier molecular flexibility index (Phi) is 4.70. The second kappa shape index (κ2) is 5.91. The summed E-state index contributed by atoms with van der Waals surface area (Å²) in [4.78, 5) is 11.6. The average molecular weight is 286 g/mol. The molecular weight excluding hydrogens is 264 g/mol. The molecule has 1 heterocycles. The highest BCUT2D eigenvalue weighted by molar-refractivity contribution is 8.04. The molecule has 2 rings (SSSR count). The van der Waals surface area contributed by atoms with Gasteiger partial charge in [0.25, 0.3) is 0 Å². The van der Waals surface area contributed by atoms with Gasteiger partial charge >= 0.3 is 5.97 Å². The Balaban J connectivity index is 2.10. The molecule has 0 radical (unpaired) electrons. The molecule has 3 unspecified atom stereocenters. The molecular formula is C14H22O2S2. The highest BCUT2D eigenvalue weighted by Crippen LogP contribution is 2.50. The Morgan fingerprint density at radius 2 is 2.22 bits per heavy atom. The molecule has 3 atom stereocenters. The van der Waals surface area contributed by atoms with Gasteiger partial charge in [-0.25, -0.2) is 4.79 Å². The number of thioether (sulfide) groups is 2. The second-order valence-electron chi connectivity index (χ2n) is 5.44. The van der Waals surface area contributed by atoms with E-state index >= 15 is 0 Å². The second-order valence-corrected chi connectivity index (χ2v) is 8.06. The van der Waals surface area contributed by atoms with Gasteiger partial charge in [0.15, 0.2) is 4.93 Å². The van der Waals surface area contributed by atoms with Gasteiger partial charge in [0.1, 0.15) is 0 Å². The lowest BCUT2D eigenvalue weighted by Gasteiger charge is -2.36. The molecule has 0 aromatic rings. The minimum atomic E-state index is -0.277. The number of carbonyl (C=O) groups is 1. The summed E-state index contributed by atoms with van der Waals surface area (Å²) in [5, 5.41) is 0.466. The summed E-state index contributed by atoms with van der Waals surface area (Å²) in [5.74, 6) is 2.85. The minimum Gasteiger partial charge on any atom is -0.443 e. The normalized spacial score (nSPS) is 36.3. The molecule has 0 amide bonds. The van der Waals surface area contributed by atoms with Gasteiger partial charge < -0.3 is 4.74 Å². The van der Waals surface area contributed by atoms with E-state index in [2.05, 4.69) is 13.5 Å². The highest BCUT2D eigenvalue weighted by Gasteiger charge is 2.47. The van der Waals surface area contributed by atoms with Crippen LogP contribution in [-0.2, 0) is 9.53 Å². The van der Waals surface area contributed by atoms with E-state index in [0.29, 0.717) is 10.8 Å². The van der Waals surface area contributed by atoms with Crippen LogP contribution in [0.2, 0.25) is 0 Å². The number of carbonyl (C=O) groups excluding carboxylic acids is 1. The predicted molar refractivity (Wildman–Crippen MR) is 80.0 cm³/mol. The lowest BCUT2D eigenvalue weighted by molar-refractivity contribution is -0.145. The zero-order valence-corrected chi connectivity index (χ0v) is 12.9. The first-order valence-electron chi connectivity index (χ1n) is 6.68. The van der Waals surface area contributed by atoms with Crippen molar-refractivity contribution in [2.24, 2.45) is 5.92 Å². The first-order valence-corrected chi connectivity index (χ1v) is 8.71. The summed E-state index contributed by atoms with van der Waals surface area (Å²) in [6, 6.07) is 0. The van der Waals surface area contributed by atoms with Crippen molar-refractivity contribution in [3.63, 3.8) is 0 Å². The van der Waals surface area contributed by atoms with Crippen molar-refractivity contribution in [3.8, 4) is 0 Å². The maximum atomic E-state index is 11.9. The van der Waals surface area contributed by atoms with E-state index in [0.717, 1.165) is 18.1 Å². The Morgan fingerprint density at radius 1 is 1.44 bits per heavy atom. The first-order chi connectivity index (χ1) is 8.53. The number of ether oxygens (including phenoxy) is 1. The monoisotopic (exact) mass is 286 g/mol. The molecule has 1 aliphatic carbocycles. The van der Waals surface area contributed by atoms with Gasteiger partial charge in [0.05, 0.1) is 5.25 Å². The van der Waals surface area contributed by atoms with Gasteiger partial charge in [-0.05, 0) is 50.0 Å². The van der Waals surface area contributed by atoms with Crippen molar-refractivity contribution in [2.75, 3.05) is 11.5 Å². The summed E-state index contributed by atoms with van der Waals surface area (Å²) in [6.07, 6.45) is 4.57. The van der Waals surface area contributed by atoms with Gasteiger partial charge in [-0.2, -0.15) is 11.8 Å². The number of fused-ring (bicyclic) bond motifs is 1. The topological polar surface area (TPSA) is 26.3 Å². The smallest absolute Gasteiger partial charge is 0.334 e. The summed E-state index contributed by atoms with van der Waals surface area (Å²) in [6.45, 7) is 7.74. The van der Waals surface area contributed by atoms with Crippen molar-refractivity contribution in [3.05, 3.63) is 12.2 Å². The highest BCUT2D eigenvalue weighted by atomic mass is 32.2. The van der Waals surface area contributed by atoms with E-state index in [1.165, 1.54) is 25.0 Å². The van der Waals surface area contributed by atoms with Gasteiger partial charge in [-0.15, -0.1) is 11.8 Å². The van der Waals surface area contributed by atoms with Crippen LogP contribution in [0.1, 0.15) is 39.5 Å². The molecule has 2 aliphatic rings. The Bertz CT molecular complexity index is 343. The Labute approximate surface area is 118 Å². The van der Waals surface area contributed by atoms with Gasteiger partial charge in [0.2, 0.25) is 0 Å². The number of hydrogen-bond donors (Lipinski definition) is 0. The molecule has 4 heteroatoms. The van der Waals surface area contributed by atoms with Crippen molar-refractivity contribution in [1.82, 2.24) is 0 Å². The third-order valence-electron chi connectivity index (χ3n) is 3.63. The lowest BCUT2D eigenvalue weighted by atomic mass is 10.2. The quantitative estimate of drug-likeness (QED) is 0.569. The molecule has 0 bridgehead atoms. The first kappa shape index (κ1) is 14.3. The molecule has 1 aliphatic heterocycles. The van der Waals surface area contributed by atoms with E-state index in [-0.39, 0.29) is 10.9 Å². The third-order valence-corrected chi connectivity index (χ3v) is 7.06. The van der Waals surface area contributed by atoms with Crippen LogP contribution in [0.5, 0.6) is 0 Å². The summed E-state index contributed by atoms with van der Waals surface area (Å²) >= 11 is 3.86. The SMILES string of the molecule is C=C(C)C(=O)OC12CCCC1SCC(C)CCS2. The van der Waals surface area contributed by atoms with E-state index in [1.54, 1.807) is 6.92 Å². The van der Waals surface area contributed by atoms with Crippen molar-refractivity contribution >= 4 is 29.5 Å². The van der Waals surface area contributed by atoms with Gasteiger partial charge in [-0.3, -0.25) is 0 Å². The fraction of sp³-hybridized carbons (Fsp3) is 0.786. The van der Waals surface area contributed by atoms with Crippen LogP contribution in [0.25, 0.3) is 0 Å². The largest absolute Gasteiger partial charge is 0.443 e. The van der Waals surface area contributed by atoms with Crippen LogP contribution in [-0.4, -0.2) is 27.7 Å².